The van der Waals surface area contributed by atoms with E-state index in [2.05, 4.69) is 5.32 Å². The van der Waals surface area contributed by atoms with Crippen LogP contribution in [0.4, 0.5) is 22.0 Å². The zero-order valence-corrected chi connectivity index (χ0v) is 15.6. The minimum Gasteiger partial charge on any atom is -0.504 e. The Hall–Kier alpha value is -3.17. The molecule has 1 atom stereocenters. The highest BCUT2D eigenvalue weighted by Gasteiger charge is 2.55. The van der Waals surface area contributed by atoms with Crippen molar-refractivity contribution in [3.8, 4) is 16.9 Å². The van der Waals surface area contributed by atoms with Gasteiger partial charge in [-0.05, 0) is 37.5 Å². The maximum absolute atomic E-state index is 14.6. The van der Waals surface area contributed by atoms with Gasteiger partial charge in [0.05, 0.1) is 6.04 Å². The number of phenols is 1. The average Bonchev–Trinajstić information content (AvgIpc) is 3.43. The van der Waals surface area contributed by atoms with Crippen LogP contribution in [-0.2, 0) is 9.59 Å². The van der Waals surface area contributed by atoms with E-state index < -0.39 is 47.0 Å². The van der Waals surface area contributed by atoms with E-state index in [0.29, 0.717) is 0 Å². The van der Waals surface area contributed by atoms with Gasteiger partial charge in [-0.2, -0.15) is 13.2 Å². The number of carbonyl (C=O) groups is 2. The van der Waals surface area contributed by atoms with Crippen LogP contribution in [-0.4, -0.2) is 28.6 Å². The number of para-hydroxylation sites is 1. The predicted octanol–water partition coefficient (Wildman–Crippen LogP) is 3.73. The summed E-state index contributed by atoms with van der Waals surface area (Å²) in [4.78, 5) is 23.5. The fraction of sp³-hybridized carbons (Fsp3) is 0.300. The van der Waals surface area contributed by atoms with Crippen molar-refractivity contribution >= 4 is 11.8 Å². The molecule has 0 unspecified atom stereocenters. The summed E-state index contributed by atoms with van der Waals surface area (Å²) in [7, 11) is 0. The third kappa shape index (κ3) is 4.22. The van der Waals surface area contributed by atoms with Gasteiger partial charge in [-0.1, -0.05) is 24.3 Å². The van der Waals surface area contributed by atoms with Gasteiger partial charge in [-0.15, -0.1) is 0 Å². The van der Waals surface area contributed by atoms with Crippen molar-refractivity contribution in [3.05, 3.63) is 53.6 Å². The van der Waals surface area contributed by atoms with E-state index in [4.69, 9.17) is 0 Å². The van der Waals surface area contributed by atoms with Crippen molar-refractivity contribution in [1.29, 1.82) is 0 Å². The molecule has 3 rings (SSSR count). The van der Waals surface area contributed by atoms with E-state index >= 15 is 0 Å². The number of phenolic OH excluding ortho intramolecular Hbond substituents is 1. The van der Waals surface area contributed by atoms with E-state index in [9.17, 15) is 36.6 Å². The van der Waals surface area contributed by atoms with Crippen LogP contribution in [0.15, 0.2) is 36.4 Å². The quantitative estimate of drug-likeness (QED) is 0.636. The highest BCUT2D eigenvalue weighted by atomic mass is 19.4. The van der Waals surface area contributed by atoms with E-state index in [0.717, 1.165) is 12.1 Å². The number of alkyl halides is 3. The lowest BCUT2D eigenvalue weighted by molar-refractivity contribution is -0.175. The molecule has 2 aromatic carbocycles. The molecule has 3 N–H and O–H groups in total. The van der Waals surface area contributed by atoms with Crippen molar-refractivity contribution < 1.29 is 36.6 Å². The molecule has 160 valence electrons. The van der Waals surface area contributed by atoms with Crippen molar-refractivity contribution in [2.24, 2.45) is 0 Å². The molecule has 1 fully saturated rings. The van der Waals surface area contributed by atoms with Gasteiger partial charge < -0.3 is 15.7 Å². The first-order valence-corrected chi connectivity index (χ1v) is 8.92. The second-order valence-corrected chi connectivity index (χ2v) is 7.10. The summed E-state index contributed by atoms with van der Waals surface area (Å²) >= 11 is 0. The minimum atomic E-state index is -5.12. The minimum absolute atomic E-state index is 0.0286. The molecule has 0 radical (unpaired) electrons. The summed E-state index contributed by atoms with van der Waals surface area (Å²) in [5, 5.41) is 13.9. The first-order chi connectivity index (χ1) is 13.9. The van der Waals surface area contributed by atoms with Gasteiger partial charge >= 0.3 is 12.1 Å². The second-order valence-electron chi connectivity index (χ2n) is 7.10. The normalized spacial score (nSPS) is 15.9. The van der Waals surface area contributed by atoms with Crippen LogP contribution >= 0.6 is 0 Å². The number of nitrogens with one attached hydrogen (secondary N) is 2. The van der Waals surface area contributed by atoms with Crippen molar-refractivity contribution in [1.82, 2.24) is 10.6 Å². The molecule has 0 heterocycles. The zero-order chi connectivity index (χ0) is 22.3. The van der Waals surface area contributed by atoms with E-state index in [1.54, 1.807) is 5.32 Å². The molecule has 30 heavy (non-hydrogen) atoms. The van der Waals surface area contributed by atoms with Crippen molar-refractivity contribution in [2.75, 3.05) is 0 Å². The molecule has 1 aliphatic rings. The van der Waals surface area contributed by atoms with Crippen LogP contribution < -0.4 is 10.6 Å². The summed E-state index contributed by atoms with van der Waals surface area (Å²) in [6.45, 7) is 1.43. The lowest BCUT2D eigenvalue weighted by Gasteiger charge is -2.22. The highest BCUT2D eigenvalue weighted by Crippen LogP contribution is 2.38. The number of hydrogen-bond donors (Lipinski definition) is 3. The van der Waals surface area contributed by atoms with Crippen LogP contribution in [0.5, 0.6) is 5.75 Å². The van der Waals surface area contributed by atoms with Gasteiger partial charge in [0.1, 0.15) is 11.4 Å². The molecular weight excluding hydrogens is 411 g/mol. The second kappa shape index (κ2) is 7.58. The van der Waals surface area contributed by atoms with Crippen LogP contribution in [0.2, 0.25) is 0 Å². The first kappa shape index (κ1) is 21.5. The van der Waals surface area contributed by atoms with Gasteiger partial charge in [0.15, 0.2) is 11.6 Å². The summed E-state index contributed by atoms with van der Waals surface area (Å²) in [6.07, 6.45) is -5.05. The van der Waals surface area contributed by atoms with Crippen molar-refractivity contribution in [2.45, 2.75) is 37.5 Å². The summed E-state index contributed by atoms with van der Waals surface area (Å²) in [5.74, 6) is -5.34. The molecule has 0 aromatic heterocycles. The van der Waals surface area contributed by atoms with Gasteiger partial charge in [-0.3, -0.25) is 9.59 Å². The average molecular weight is 428 g/mol. The monoisotopic (exact) mass is 428 g/mol. The Morgan fingerprint density at radius 1 is 1.10 bits per heavy atom. The van der Waals surface area contributed by atoms with Crippen LogP contribution in [0.1, 0.15) is 31.4 Å². The van der Waals surface area contributed by atoms with Gasteiger partial charge in [-0.25, -0.2) is 8.78 Å². The van der Waals surface area contributed by atoms with Crippen LogP contribution in [0.25, 0.3) is 11.1 Å². The predicted molar refractivity (Wildman–Crippen MR) is 96.2 cm³/mol. The topological polar surface area (TPSA) is 78.4 Å². The molecular formula is C20H17F5N2O3. The largest absolute Gasteiger partial charge is 0.504 e. The summed E-state index contributed by atoms with van der Waals surface area (Å²) < 4.78 is 65.5. The number of rotatable bonds is 5. The Bertz CT molecular complexity index is 1000. The van der Waals surface area contributed by atoms with Crippen LogP contribution in [0, 0.1) is 11.6 Å². The SMILES string of the molecule is C[C@@H](NC(=O)C1(NC(=O)C(F)(F)F)CC1)c1ccc(-c2cccc(F)c2O)cc1F. The number of hydrogen-bond acceptors (Lipinski definition) is 3. The van der Waals surface area contributed by atoms with Gasteiger partial charge in [0.2, 0.25) is 5.91 Å². The van der Waals surface area contributed by atoms with Gasteiger partial charge in [0, 0.05) is 11.1 Å². The summed E-state index contributed by atoms with van der Waals surface area (Å²) in [5.41, 5.74) is -1.36. The van der Waals surface area contributed by atoms with Gasteiger partial charge in [0.25, 0.3) is 0 Å². The fourth-order valence-corrected chi connectivity index (χ4v) is 3.03. The number of amides is 2. The Morgan fingerprint density at radius 2 is 1.77 bits per heavy atom. The number of halogens is 5. The zero-order valence-electron chi connectivity index (χ0n) is 15.6. The third-order valence-electron chi connectivity index (χ3n) is 4.91. The lowest BCUT2D eigenvalue weighted by Crippen LogP contribution is -2.53. The molecule has 0 aliphatic heterocycles. The Balaban J connectivity index is 1.74. The summed E-state index contributed by atoms with van der Waals surface area (Å²) in [6, 6.07) is 6.65. The molecule has 10 heteroatoms. The maximum atomic E-state index is 14.6. The number of aromatic hydroxyl groups is 1. The first-order valence-electron chi connectivity index (χ1n) is 8.92. The lowest BCUT2D eigenvalue weighted by atomic mass is 9.99. The molecule has 2 aromatic rings. The van der Waals surface area contributed by atoms with E-state index in [1.807, 2.05) is 0 Å². The molecule has 5 nitrogen and oxygen atoms in total. The van der Waals surface area contributed by atoms with E-state index in [1.165, 1.54) is 31.2 Å². The molecule has 0 spiro atoms. The highest BCUT2D eigenvalue weighted by molar-refractivity contribution is 5.95. The number of benzene rings is 2. The Labute approximate surface area is 167 Å². The Morgan fingerprint density at radius 3 is 2.33 bits per heavy atom. The smallest absolute Gasteiger partial charge is 0.471 e. The number of carbonyl (C=O) groups excluding carboxylic acids is 2. The third-order valence-corrected chi connectivity index (χ3v) is 4.91. The fourth-order valence-electron chi connectivity index (χ4n) is 3.03. The van der Waals surface area contributed by atoms with Crippen molar-refractivity contribution in [3.63, 3.8) is 0 Å². The van der Waals surface area contributed by atoms with E-state index in [-0.39, 0.29) is 29.5 Å². The maximum Gasteiger partial charge on any atom is 0.471 e. The molecule has 1 aliphatic carbocycles. The van der Waals surface area contributed by atoms with Crippen LogP contribution in [0.3, 0.4) is 0 Å². The standard InChI is InChI=1S/C20H17F5N2O3/c1-10(26-17(29)19(7-8-19)27-18(30)20(23,24)25)12-6-5-11(9-15(12)22)13-3-2-4-14(21)16(13)28/h2-6,9-10,28H,7-8H2,1H3,(H,26,29)(H,27,30)/t10-/m1/s1. The molecule has 0 bridgehead atoms. The molecule has 2 amide bonds. The Kier molecular flexibility index (Phi) is 5.44. The molecule has 1 saturated carbocycles. The molecule has 0 saturated heterocycles.